The van der Waals surface area contributed by atoms with Crippen molar-refractivity contribution in [3.05, 3.63) is 107 Å². The molecule has 1 amide bonds. The van der Waals surface area contributed by atoms with Gasteiger partial charge in [-0.3, -0.25) is 19.2 Å². The molecular formula is C50H66ClNO9S. The first-order valence-electron chi connectivity index (χ1n) is 22.2. The SMILES string of the molecule is CC1(C)C(=O)[C@H](C/C=C\CCCC(=O)CO)[C@@H](/C=C/C(O)CCc2sc3ccccc3c2Cl)[C@@H]1O.O=C(O)CCCCCCN1C(=O)CCC[C@@H]1/C=C/C(O)Cc1ccccc1. The lowest BCUT2D eigenvalue weighted by atomic mass is 9.86. The van der Waals surface area contributed by atoms with E-state index in [1.54, 1.807) is 37.3 Å². The Bertz CT molecular complexity index is 1970. The quantitative estimate of drug-likeness (QED) is 0.0461. The molecular weight excluding hydrogens is 826 g/mol. The number of likely N-dealkylation sites (tertiary alicyclic amines) is 1. The van der Waals surface area contributed by atoms with Crippen LogP contribution in [-0.4, -0.2) is 91.4 Å². The highest BCUT2D eigenvalue weighted by molar-refractivity contribution is 7.19. The van der Waals surface area contributed by atoms with E-state index >= 15 is 0 Å². The monoisotopic (exact) mass is 891 g/mol. The molecule has 10 nitrogen and oxygen atoms in total. The maximum atomic E-state index is 13.0. The summed E-state index contributed by atoms with van der Waals surface area (Å²) in [5, 5.41) is 50.9. The lowest BCUT2D eigenvalue weighted by Crippen LogP contribution is -2.43. The topological polar surface area (TPSA) is 173 Å². The Labute approximate surface area is 376 Å². The molecule has 2 fully saturated rings. The predicted molar refractivity (Wildman–Crippen MR) is 247 cm³/mol. The van der Waals surface area contributed by atoms with Crippen LogP contribution in [0.3, 0.4) is 0 Å². The Morgan fingerprint density at radius 2 is 1.63 bits per heavy atom. The number of allylic oxidation sites excluding steroid dienone is 2. The molecule has 2 aromatic carbocycles. The average molecular weight is 893 g/mol. The summed E-state index contributed by atoms with van der Waals surface area (Å²) in [6.45, 7) is 3.82. The number of carbonyl (C=O) groups excluding carboxylic acids is 3. The molecule has 1 saturated heterocycles. The number of carbonyl (C=O) groups is 4. The highest BCUT2D eigenvalue weighted by atomic mass is 35.5. The Balaban J connectivity index is 0.000000282. The molecule has 1 aliphatic carbocycles. The van der Waals surface area contributed by atoms with E-state index < -0.39 is 36.3 Å². The van der Waals surface area contributed by atoms with Gasteiger partial charge in [0.25, 0.3) is 0 Å². The number of piperidine rings is 1. The van der Waals surface area contributed by atoms with Gasteiger partial charge in [0.05, 0.1) is 34.8 Å². The van der Waals surface area contributed by atoms with E-state index in [0.29, 0.717) is 64.3 Å². The standard InChI is InChI=1S/C28H35ClO5S.C22H31NO4/c1-28(2)26(33)20(10-6-4-3-5-9-19(32)17-30)21(27(28)34)15-13-18(31)14-16-24-25(29)22-11-7-8-12-23(22)35-24;24-20(17-18-9-4-3-5-10-18)15-14-19-11-8-12-21(25)23(19)16-7-2-1-6-13-22(26)27/h4,6-8,11-13,15,18,20-21,27,30-31,34H,3,5,9-10,14,16-17H2,1-2H3;3-5,9-10,14-15,19-20,24H,1-2,6-8,11-13,16-17H2,(H,26,27)/b6-4-,15-13+;15-14+/t18?,20-,21-,27+;19-,20?/m11/s1. The molecule has 2 aliphatic rings. The lowest BCUT2D eigenvalue weighted by molar-refractivity contribution is -0.137. The second-order valence-corrected chi connectivity index (χ2v) is 18.6. The normalized spacial score (nSPS) is 21.2. The van der Waals surface area contributed by atoms with Crippen LogP contribution < -0.4 is 0 Å². The molecule has 62 heavy (non-hydrogen) atoms. The van der Waals surface area contributed by atoms with E-state index in [2.05, 4.69) is 0 Å². The summed E-state index contributed by atoms with van der Waals surface area (Å²) in [6, 6.07) is 17.9. The van der Waals surface area contributed by atoms with Crippen LogP contribution >= 0.6 is 22.9 Å². The molecule has 5 rings (SSSR count). The van der Waals surface area contributed by atoms with Gasteiger partial charge in [-0.15, -0.1) is 11.3 Å². The molecule has 2 unspecified atom stereocenters. The van der Waals surface area contributed by atoms with Crippen molar-refractivity contribution in [2.24, 2.45) is 17.3 Å². The molecule has 3 aromatic rings. The number of benzene rings is 2. The van der Waals surface area contributed by atoms with Crippen molar-refractivity contribution in [2.75, 3.05) is 13.2 Å². The molecule has 12 heteroatoms. The van der Waals surface area contributed by atoms with E-state index in [4.69, 9.17) is 21.8 Å². The number of carboxylic acids is 1. The second kappa shape index (κ2) is 26.0. The van der Waals surface area contributed by atoms with Crippen LogP contribution in [0.4, 0.5) is 0 Å². The van der Waals surface area contributed by atoms with Crippen molar-refractivity contribution in [3.8, 4) is 0 Å². The largest absolute Gasteiger partial charge is 0.481 e. The smallest absolute Gasteiger partial charge is 0.303 e. The number of thiophene rings is 1. The number of aryl methyl sites for hydroxylation is 1. The number of nitrogens with zero attached hydrogens (tertiary/aromatic N) is 1. The van der Waals surface area contributed by atoms with E-state index in [1.165, 1.54) is 0 Å². The zero-order valence-corrected chi connectivity index (χ0v) is 37.8. The van der Waals surface area contributed by atoms with Crippen molar-refractivity contribution in [2.45, 2.75) is 135 Å². The number of ketones is 2. The molecule has 1 aliphatic heterocycles. The first-order chi connectivity index (χ1) is 29.7. The maximum absolute atomic E-state index is 13.0. The summed E-state index contributed by atoms with van der Waals surface area (Å²) in [4.78, 5) is 50.0. The van der Waals surface area contributed by atoms with Crippen LogP contribution in [0.25, 0.3) is 10.1 Å². The first-order valence-corrected chi connectivity index (χ1v) is 23.4. The van der Waals surface area contributed by atoms with Crippen molar-refractivity contribution in [1.82, 2.24) is 4.90 Å². The molecule has 1 aromatic heterocycles. The number of Topliss-reactive ketones (excluding diaryl/α,β-unsaturated/α-hetero) is 2. The van der Waals surface area contributed by atoms with Gasteiger partial charge in [0, 0.05) is 59.0 Å². The molecule has 338 valence electrons. The van der Waals surface area contributed by atoms with Crippen LogP contribution in [0.2, 0.25) is 5.02 Å². The minimum Gasteiger partial charge on any atom is -0.481 e. The van der Waals surface area contributed by atoms with E-state index in [9.17, 15) is 34.5 Å². The van der Waals surface area contributed by atoms with E-state index in [0.717, 1.165) is 57.7 Å². The van der Waals surface area contributed by atoms with Gasteiger partial charge in [-0.05, 0) is 69.4 Å². The summed E-state index contributed by atoms with van der Waals surface area (Å²) in [7, 11) is 0. The minimum absolute atomic E-state index is 0.0197. The molecule has 0 spiro atoms. The third kappa shape index (κ3) is 15.7. The third-order valence-corrected chi connectivity index (χ3v) is 13.7. The number of amides is 1. The Kier molecular flexibility index (Phi) is 21.2. The number of halogens is 1. The van der Waals surface area contributed by atoms with Gasteiger partial charge in [-0.2, -0.15) is 0 Å². The van der Waals surface area contributed by atoms with Crippen LogP contribution in [0, 0.1) is 17.3 Å². The van der Waals surface area contributed by atoms with Crippen molar-refractivity contribution in [1.29, 1.82) is 0 Å². The predicted octanol–water partition coefficient (Wildman–Crippen LogP) is 8.85. The number of aliphatic hydroxyl groups excluding tert-OH is 4. The van der Waals surface area contributed by atoms with Crippen molar-refractivity contribution >= 4 is 56.5 Å². The summed E-state index contributed by atoms with van der Waals surface area (Å²) >= 11 is 8.15. The summed E-state index contributed by atoms with van der Waals surface area (Å²) in [5.41, 5.74) is 0.240. The Hall–Kier alpha value is -3.97. The number of unbranched alkanes of at least 4 members (excludes halogenated alkanes) is 4. The number of hydrogen-bond donors (Lipinski definition) is 5. The van der Waals surface area contributed by atoms with Gasteiger partial charge in [0.1, 0.15) is 12.4 Å². The Morgan fingerprint density at radius 1 is 0.919 bits per heavy atom. The van der Waals surface area contributed by atoms with Crippen molar-refractivity contribution in [3.63, 3.8) is 0 Å². The van der Waals surface area contributed by atoms with Gasteiger partial charge < -0.3 is 30.4 Å². The van der Waals surface area contributed by atoms with Gasteiger partial charge in [0.15, 0.2) is 5.78 Å². The third-order valence-electron chi connectivity index (χ3n) is 11.9. The first kappa shape index (κ1) is 50.7. The van der Waals surface area contributed by atoms with Crippen LogP contribution in [-0.2, 0) is 32.0 Å². The number of aliphatic hydroxyl groups is 4. The lowest BCUT2D eigenvalue weighted by Gasteiger charge is -2.34. The minimum atomic E-state index is -0.851. The summed E-state index contributed by atoms with van der Waals surface area (Å²) in [5.74, 6) is -1.46. The highest BCUT2D eigenvalue weighted by Crippen LogP contribution is 2.45. The molecule has 6 atom stereocenters. The van der Waals surface area contributed by atoms with E-state index in [-0.39, 0.29) is 41.8 Å². The number of fused-ring (bicyclic) bond motifs is 1. The van der Waals surface area contributed by atoms with Crippen LogP contribution in [0.5, 0.6) is 0 Å². The Morgan fingerprint density at radius 3 is 2.35 bits per heavy atom. The van der Waals surface area contributed by atoms with E-state index in [1.807, 2.05) is 83.8 Å². The van der Waals surface area contributed by atoms with Crippen LogP contribution in [0.15, 0.2) is 91.1 Å². The average Bonchev–Trinajstić information content (AvgIpc) is 3.66. The zero-order chi connectivity index (χ0) is 45.1. The summed E-state index contributed by atoms with van der Waals surface area (Å²) in [6.07, 6.45) is 19.0. The molecule has 2 heterocycles. The maximum Gasteiger partial charge on any atom is 0.303 e. The molecule has 0 radical (unpaired) electrons. The fourth-order valence-corrected chi connectivity index (χ4v) is 9.79. The number of aliphatic carboxylic acids is 1. The highest BCUT2D eigenvalue weighted by Gasteiger charge is 2.52. The van der Waals surface area contributed by atoms with Gasteiger partial charge in [-0.25, -0.2) is 0 Å². The number of carboxylic acid groups (broad SMARTS) is 1. The van der Waals surface area contributed by atoms with Gasteiger partial charge in [-0.1, -0.05) is 123 Å². The fraction of sp³-hybridized carbons (Fsp3) is 0.520. The number of rotatable bonds is 23. The fourth-order valence-electron chi connectivity index (χ4n) is 8.25. The van der Waals surface area contributed by atoms with Crippen molar-refractivity contribution < 1.29 is 44.7 Å². The van der Waals surface area contributed by atoms with Gasteiger partial charge in [0.2, 0.25) is 5.91 Å². The van der Waals surface area contributed by atoms with Gasteiger partial charge >= 0.3 is 5.97 Å². The van der Waals surface area contributed by atoms with Crippen LogP contribution in [0.1, 0.15) is 108 Å². The molecule has 0 bridgehead atoms. The molecule has 5 N–H and O–H groups in total. The summed E-state index contributed by atoms with van der Waals surface area (Å²) < 4.78 is 1.13. The molecule has 1 saturated carbocycles. The second-order valence-electron chi connectivity index (χ2n) is 17.1. The number of hydrogen-bond acceptors (Lipinski definition) is 9. The zero-order valence-electron chi connectivity index (χ0n) is 36.2.